The summed E-state index contributed by atoms with van der Waals surface area (Å²) in [5.74, 6) is 1.42. The van der Waals surface area contributed by atoms with E-state index in [4.69, 9.17) is 14.2 Å². The third kappa shape index (κ3) is 3.77. The van der Waals surface area contributed by atoms with Crippen molar-refractivity contribution < 1.29 is 19.0 Å². The molecule has 0 unspecified atom stereocenters. The molecule has 31 heavy (non-hydrogen) atoms. The fraction of sp³-hybridized carbons (Fsp3) is 0.174. The molecule has 0 radical (unpaired) electrons. The van der Waals surface area contributed by atoms with Crippen molar-refractivity contribution in [1.82, 2.24) is 9.97 Å². The highest BCUT2D eigenvalue weighted by atomic mass is 32.1. The number of hydrogen-bond acceptors (Lipinski definition) is 8. The van der Waals surface area contributed by atoms with Gasteiger partial charge in [-0.05, 0) is 35.7 Å². The van der Waals surface area contributed by atoms with E-state index in [1.807, 2.05) is 53.7 Å². The number of rotatable bonds is 7. The average molecular weight is 436 g/mol. The number of ether oxygens (including phenoxy) is 3. The van der Waals surface area contributed by atoms with Crippen LogP contribution in [0.1, 0.15) is 16.1 Å². The topological polar surface area (TPSA) is 73.8 Å². The van der Waals surface area contributed by atoms with Gasteiger partial charge in [0.2, 0.25) is 17.5 Å². The molecule has 0 bridgehead atoms. The minimum absolute atomic E-state index is 0.253. The zero-order valence-corrected chi connectivity index (χ0v) is 18.4. The highest BCUT2D eigenvalue weighted by Crippen LogP contribution is 2.39. The summed E-state index contributed by atoms with van der Waals surface area (Å²) in [4.78, 5) is 24.7. The molecule has 7 nitrogen and oxygen atoms in total. The summed E-state index contributed by atoms with van der Waals surface area (Å²) in [5.41, 5.74) is 2.35. The number of benzene rings is 2. The lowest BCUT2D eigenvalue weighted by molar-refractivity contribution is 0.103. The van der Waals surface area contributed by atoms with Crippen molar-refractivity contribution in [3.63, 3.8) is 0 Å². The predicted octanol–water partition coefficient (Wildman–Crippen LogP) is 4.72. The molecule has 4 rings (SSSR count). The number of aromatic nitrogens is 2. The number of fused-ring (bicyclic) bond motifs is 1. The minimum Gasteiger partial charge on any atom is -0.493 e. The predicted molar refractivity (Wildman–Crippen MR) is 121 cm³/mol. The maximum absolute atomic E-state index is 13.6. The van der Waals surface area contributed by atoms with Crippen LogP contribution in [0.3, 0.4) is 0 Å². The molecule has 0 aliphatic carbocycles. The first-order valence-electron chi connectivity index (χ1n) is 9.46. The van der Waals surface area contributed by atoms with Crippen LogP contribution < -0.4 is 19.1 Å². The Morgan fingerprint density at radius 3 is 2.23 bits per heavy atom. The summed E-state index contributed by atoms with van der Waals surface area (Å²) in [6.45, 7) is 0. The maximum atomic E-state index is 13.6. The molecule has 158 valence electrons. The molecule has 0 saturated heterocycles. The number of thiophene rings is 1. The summed E-state index contributed by atoms with van der Waals surface area (Å²) in [6, 6.07) is 14.9. The lowest BCUT2D eigenvalue weighted by Crippen LogP contribution is -2.16. The molecule has 0 atom stereocenters. The van der Waals surface area contributed by atoms with Crippen molar-refractivity contribution in [2.45, 2.75) is 0 Å². The highest BCUT2D eigenvalue weighted by molar-refractivity contribution is 7.17. The number of ketones is 1. The number of para-hydroxylation sites is 1. The third-order valence-corrected chi connectivity index (χ3v) is 5.79. The van der Waals surface area contributed by atoms with Gasteiger partial charge in [-0.1, -0.05) is 18.2 Å². The van der Waals surface area contributed by atoms with E-state index in [1.165, 1.54) is 32.7 Å². The number of anilines is 2. The Balaban J connectivity index is 1.84. The molecule has 8 heteroatoms. The first-order chi connectivity index (χ1) is 15.1. The number of hydrogen-bond donors (Lipinski definition) is 0. The Bertz CT molecular complexity index is 1220. The molecule has 0 amide bonds. The van der Waals surface area contributed by atoms with Gasteiger partial charge in [-0.2, -0.15) is 0 Å². The van der Waals surface area contributed by atoms with Crippen molar-refractivity contribution in [2.24, 2.45) is 0 Å². The van der Waals surface area contributed by atoms with Gasteiger partial charge in [0.25, 0.3) is 0 Å². The van der Waals surface area contributed by atoms with Crippen LogP contribution in [-0.2, 0) is 0 Å². The minimum atomic E-state index is -0.253. The Hall–Kier alpha value is -3.65. The van der Waals surface area contributed by atoms with Gasteiger partial charge >= 0.3 is 0 Å². The highest BCUT2D eigenvalue weighted by Gasteiger charge is 2.23. The molecule has 0 fully saturated rings. The van der Waals surface area contributed by atoms with E-state index in [0.29, 0.717) is 40.0 Å². The van der Waals surface area contributed by atoms with Crippen LogP contribution in [-0.4, -0.2) is 44.1 Å². The van der Waals surface area contributed by atoms with Crippen molar-refractivity contribution in [2.75, 3.05) is 33.3 Å². The van der Waals surface area contributed by atoms with Crippen LogP contribution in [0.4, 0.5) is 11.6 Å². The molecule has 2 aromatic carbocycles. The first-order valence-corrected chi connectivity index (χ1v) is 10.3. The first kappa shape index (κ1) is 20.6. The van der Waals surface area contributed by atoms with Crippen molar-refractivity contribution in [1.29, 1.82) is 0 Å². The number of nitrogens with zero attached hydrogens (tertiary/aromatic N) is 3. The van der Waals surface area contributed by atoms with E-state index in [-0.39, 0.29) is 5.78 Å². The third-order valence-electron chi connectivity index (χ3n) is 4.88. The number of carbonyl (C=O) groups excluding carboxylic acids is 1. The largest absolute Gasteiger partial charge is 0.493 e. The normalized spacial score (nSPS) is 10.7. The molecule has 0 spiro atoms. The molecule has 0 aliphatic rings. The van der Waals surface area contributed by atoms with E-state index in [9.17, 15) is 4.79 Å². The maximum Gasteiger partial charge on any atom is 0.230 e. The van der Waals surface area contributed by atoms with Gasteiger partial charge < -0.3 is 19.1 Å². The fourth-order valence-electron chi connectivity index (χ4n) is 3.27. The summed E-state index contributed by atoms with van der Waals surface area (Å²) >= 11 is 1.43. The molecular weight excluding hydrogens is 414 g/mol. The quantitative estimate of drug-likeness (QED) is 0.389. The molecular formula is C23H21N3O4S. The van der Waals surface area contributed by atoms with E-state index in [0.717, 1.165) is 10.4 Å². The van der Waals surface area contributed by atoms with Crippen LogP contribution in [0.2, 0.25) is 0 Å². The van der Waals surface area contributed by atoms with Gasteiger partial charge in [-0.15, -0.1) is 11.3 Å². The molecule has 4 aromatic rings. The standard InChI is InChI=1S/C23H21N3O4S/c1-26(15-8-6-5-7-9-15)23-24-16-10-11-31-22(16)19(25-23)20(27)14-12-17(28-2)21(30-4)18(13-14)29-3/h5-13H,1-4H3. The van der Waals surface area contributed by atoms with Gasteiger partial charge in [0.15, 0.2) is 11.5 Å². The monoisotopic (exact) mass is 435 g/mol. The van der Waals surface area contributed by atoms with Gasteiger partial charge in [0.05, 0.1) is 31.5 Å². The second kappa shape index (κ2) is 8.61. The Kier molecular flexibility index (Phi) is 5.73. The van der Waals surface area contributed by atoms with Crippen LogP contribution in [0.5, 0.6) is 17.2 Å². The van der Waals surface area contributed by atoms with Crippen LogP contribution in [0.15, 0.2) is 53.9 Å². The van der Waals surface area contributed by atoms with Gasteiger partial charge in [0.1, 0.15) is 5.69 Å². The number of methoxy groups -OCH3 is 3. The molecule has 2 aromatic heterocycles. The van der Waals surface area contributed by atoms with E-state index >= 15 is 0 Å². The van der Waals surface area contributed by atoms with Gasteiger partial charge in [-0.3, -0.25) is 4.79 Å². The number of carbonyl (C=O) groups is 1. The Morgan fingerprint density at radius 1 is 0.935 bits per heavy atom. The van der Waals surface area contributed by atoms with Crippen LogP contribution >= 0.6 is 11.3 Å². The zero-order valence-electron chi connectivity index (χ0n) is 17.6. The van der Waals surface area contributed by atoms with Crippen molar-refractivity contribution in [3.05, 3.63) is 65.2 Å². The Morgan fingerprint density at radius 2 is 1.61 bits per heavy atom. The molecule has 0 N–H and O–H groups in total. The lowest BCUT2D eigenvalue weighted by Gasteiger charge is -2.18. The van der Waals surface area contributed by atoms with Crippen molar-refractivity contribution >= 4 is 39.0 Å². The molecule has 0 saturated carbocycles. The lowest BCUT2D eigenvalue weighted by atomic mass is 10.1. The van der Waals surface area contributed by atoms with Gasteiger partial charge in [0, 0.05) is 18.3 Å². The summed E-state index contributed by atoms with van der Waals surface area (Å²) in [6.07, 6.45) is 0. The van der Waals surface area contributed by atoms with Crippen LogP contribution in [0.25, 0.3) is 10.2 Å². The summed E-state index contributed by atoms with van der Waals surface area (Å²) in [7, 11) is 6.42. The van der Waals surface area contributed by atoms with E-state index in [2.05, 4.69) is 9.97 Å². The summed E-state index contributed by atoms with van der Waals surface area (Å²) < 4.78 is 16.9. The second-order valence-corrected chi connectivity index (χ2v) is 7.56. The fourth-order valence-corrected chi connectivity index (χ4v) is 4.09. The average Bonchev–Trinajstić information content (AvgIpc) is 3.30. The van der Waals surface area contributed by atoms with Gasteiger partial charge in [-0.25, -0.2) is 9.97 Å². The molecule has 0 aliphatic heterocycles. The van der Waals surface area contributed by atoms with Crippen LogP contribution in [0, 0.1) is 0 Å². The summed E-state index contributed by atoms with van der Waals surface area (Å²) in [5, 5.41) is 1.90. The van der Waals surface area contributed by atoms with E-state index in [1.54, 1.807) is 12.1 Å². The molecule has 2 heterocycles. The smallest absolute Gasteiger partial charge is 0.230 e. The van der Waals surface area contributed by atoms with E-state index < -0.39 is 0 Å². The zero-order chi connectivity index (χ0) is 22.0. The Labute approximate surface area is 183 Å². The SMILES string of the molecule is COc1cc(C(=O)c2nc(N(C)c3ccccc3)nc3ccsc23)cc(OC)c1OC. The van der Waals surface area contributed by atoms with Crippen molar-refractivity contribution in [3.8, 4) is 17.2 Å². The second-order valence-electron chi connectivity index (χ2n) is 6.64.